The Morgan fingerprint density at radius 2 is 1.84 bits per heavy atom. The Hall–Kier alpha value is -3.40. The molecule has 2 amide bonds. The van der Waals surface area contributed by atoms with E-state index in [0.29, 0.717) is 17.9 Å². The second kappa shape index (κ2) is 15.6. The highest BCUT2D eigenvalue weighted by Gasteiger charge is 2.74. The number of allylic oxidation sites excluding steroid dienone is 1. The quantitative estimate of drug-likeness (QED) is 0.204. The number of nitrogens with zero attached hydrogens (tertiary/aromatic N) is 1. The number of amides is 2. The molecular formula is C44H61N3O11. The van der Waals surface area contributed by atoms with Gasteiger partial charge in [0.1, 0.15) is 42.2 Å². The molecule has 14 heteroatoms. The number of aliphatic hydroxyl groups is 1. The molecule has 7 aliphatic rings. The van der Waals surface area contributed by atoms with Gasteiger partial charge in [-0.05, 0) is 94.6 Å². The van der Waals surface area contributed by atoms with Gasteiger partial charge < -0.3 is 39.4 Å². The summed E-state index contributed by atoms with van der Waals surface area (Å²) >= 11 is 0. The number of hydrogen-bond donors (Lipinski definition) is 3. The summed E-state index contributed by atoms with van der Waals surface area (Å²) in [6.45, 7) is 12.2. The minimum atomic E-state index is -1.36. The lowest BCUT2D eigenvalue weighted by atomic mass is 9.52. The zero-order chi connectivity index (χ0) is 41.2. The first-order valence-electron chi connectivity index (χ1n) is 21.2. The van der Waals surface area contributed by atoms with Gasteiger partial charge in [-0.2, -0.15) is 5.06 Å². The van der Waals surface area contributed by atoms with Crippen LogP contribution >= 0.6 is 0 Å². The summed E-state index contributed by atoms with van der Waals surface area (Å²) in [6, 6.07) is 6.45. The fraction of sp³-hybridized carbons (Fsp3) is 0.727. The lowest BCUT2D eigenvalue weighted by Gasteiger charge is -2.53. The van der Waals surface area contributed by atoms with E-state index in [4.69, 9.17) is 28.5 Å². The van der Waals surface area contributed by atoms with E-state index < -0.39 is 71.3 Å². The van der Waals surface area contributed by atoms with Gasteiger partial charge in [-0.25, -0.2) is 0 Å². The third-order valence-electron chi connectivity index (χ3n) is 14.0. The molecule has 58 heavy (non-hydrogen) atoms. The standard InChI is InChI=1S/C44H61N3O11/c1-41(2,3)57-34(50)14-12-28(23-48)46-33(49)16-18-45-40(52)44-21-31-35-36(54-24-53-35)38(44)58-47(37(44)39(51)55-31)22-27-10-8-7-9-25(27)19-26-11-13-32-43(6,56-32)17-15-30-29(26)20-42(30,4)5/h7-10,19,28-32,35-38,48H,11-18,20-24H2,1-6H3,(H,45,52)(H,46,49). The van der Waals surface area contributed by atoms with Gasteiger partial charge in [0.15, 0.2) is 6.04 Å². The predicted molar refractivity (Wildman–Crippen MR) is 209 cm³/mol. The van der Waals surface area contributed by atoms with Crippen LogP contribution in [0.1, 0.15) is 110 Å². The number of benzene rings is 1. The summed E-state index contributed by atoms with van der Waals surface area (Å²) in [5, 5.41) is 17.1. The summed E-state index contributed by atoms with van der Waals surface area (Å²) in [7, 11) is 0. The zero-order valence-corrected chi connectivity index (χ0v) is 34.8. The summed E-state index contributed by atoms with van der Waals surface area (Å²) in [5.74, 6) is -0.706. The Labute approximate surface area is 341 Å². The van der Waals surface area contributed by atoms with Gasteiger partial charge in [-0.15, -0.1) is 0 Å². The smallest absolute Gasteiger partial charge is 0.327 e. The SMILES string of the molecule is CC(C)(C)OC(=O)CCC(CO)NC(=O)CCNC(=O)C12CC3OC(=O)C1N(Cc1ccccc1C=C1CCC4OC4(C)CCC4C1CC4(C)C)OC2C1OCOC31. The van der Waals surface area contributed by atoms with Crippen molar-refractivity contribution in [3.8, 4) is 0 Å². The van der Waals surface area contributed by atoms with Crippen molar-refractivity contribution in [1.29, 1.82) is 0 Å². The number of fused-ring (bicyclic) bond motifs is 6. The number of hydroxylamine groups is 2. The normalized spacial score (nSPS) is 37.1. The average molecular weight is 808 g/mol. The predicted octanol–water partition coefficient (Wildman–Crippen LogP) is 4.11. The van der Waals surface area contributed by atoms with Crippen LogP contribution in [0, 0.1) is 22.7 Å². The van der Waals surface area contributed by atoms with Crippen molar-refractivity contribution >= 4 is 29.8 Å². The molecule has 11 unspecified atom stereocenters. The Morgan fingerprint density at radius 3 is 2.60 bits per heavy atom. The molecule has 1 aromatic carbocycles. The molecule has 0 aromatic heterocycles. The van der Waals surface area contributed by atoms with Gasteiger partial charge in [-0.3, -0.25) is 24.0 Å². The zero-order valence-electron chi connectivity index (χ0n) is 34.8. The number of ether oxygens (including phenoxy) is 5. The number of carbonyl (C=O) groups is 4. The number of aliphatic hydroxyl groups excluding tert-OH is 1. The van der Waals surface area contributed by atoms with E-state index in [2.05, 4.69) is 43.5 Å². The fourth-order valence-corrected chi connectivity index (χ4v) is 10.9. The first kappa shape index (κ1) is 41.3. The Bertz CT molecular complexity index is 1810. The third kappa shape index (κ3) is 7.85. The minimum Gasteiger partial charge on any atom is -0.460 e. The molecule has 0 spiro atoms. The molecule has 11 atom stereocenters. The van der Waals surface area contributed by atoms with Gasteiger partial charge in [-0.1, -0.05) is 49.8 Å². The Kier molecular flexibility index (Phi) is 11.1. The van der Waals surface area contributed by atoms with E-state index in [1.165, 1.54) is 5.57 Å². The first-order valence-corrected chi connectivity index (χ1v) is 21.2. The molecule has 3 aliphatic carbocycles. The van der Waals surface area contributed by atoms with Crippen molar-refractivity contribution < 1.29 is 52.8 Å². The molecule has 4 saturated heterocycles. The van der Waals surface area contributed by atoms with Gasteiger partial charge in [0.2, 0.25) is 11.8 Å². The van der Waals surface area contributed by atoms with Crippen LogP contribution in [-0.4, -0.2) is 108 Å². The van der Waals surface area contributed by atoms with E-state index in [1.807, 2.05) is 18.2 Å². The number of hydrogen-bond acceptors (Lipinski definition) is 12. The van der Waals surface area contributed by atoms with Crippen molar-refractivity contribution in [2.45, 2.75) is 160 Å². The fourth-order valence-electron chi connectivity index (χ4n) is 10.9. The van der Waals surface area contributed by atoms with Gasteiger partial charge in [0.05, 0.1) is 30.9 Å². The molecule has 7 fully saturated rings. The Morgan fingerprint density at radius 1 is 1.07 bits per heavy atom. The number of nitrogens with one attached hydrogen (secondary N) is 2. The van der Waals surface area contributed by atoms with Crippen molar-refractivity contribution in [2.24, 2.45) is 22.7 Å². The van der Waals surface area contributed by atoms with Crippen LogP contribution < -0.4 is 10.6 Å². The summed E-state index contributed by atoms with van der Waals surface area (Å²) in [6.07, 6.45) is 5.59. The van der Waals surface area contributed by atoms with Crippen LogP contribution in [0.2, 0.25) is 0 Å². The molecule has 8 rings (SSSR count). The molecule has 0 radical (unpaired) electrons. The topological polar surface area (TPSA) is 174 Å². The number of rotatable bonds is 12. The van der Waals surface area contributed by atoms with Gasteiger partial charge in [0.25, 0.3) is 0 Å². The maximum Gasteiger partial charge on any atom is 0.327 e. The molecular weight excluding hydrogens is 746 g/mol. The van der Waals surface area contributed by atoms with E-state index in [0.717, 1.165) is 43.2 Å². The molecule has 3 saturated carbocycles. The van der Waals surface area contributed by atoms with Crippen LogP contribution in [0.15, 0.2) is 29.8 Å². The lowest BCUT2D eigenvalue weighted by molar-refractivity contribution is -0.201. The van der Waals surface area contributed by atoms with Crippen molar-refractivity contribution in [2.75, 3.05) is 19.9 Å². The molecule has 14 nitrogen and oxygen atoms in total. The number of carbonyl (C=O) groups excluding carboxylic acids is 4. The number of epoxide rings is 1. The van der Waals surface area contributed by atoms with E-state index in [9.17, 15) is 24.3 Å². The third-order valence-corrected chi connectivity index (χ3v) is 14.0. The van der Waals surface area contributed by atoms with Crippen molar-refractivity contribution in [3.63, 3.8) is 0 Å². The number of esters is 2. The molecule has 4 aliphatic heterocycles. The molecule has 1 aromatic rings. The van der Waals surface area contributed by atoms with Crippen LogP contribution in [0.5, 0.6) is 0 Å². The highest BCUT2D eigenvalue weighted by Crippen LogP contribution is 2.60. The highest BCUT2D eigenvalue weighted by molar-refractivity contribution is 5.94. The van der Waals surface area contributed by atoms with E-state index >= 15 is 0 Å². The van der Waals surface area contributed by atoms with Gasteiger partial charge in [0, 0.05) is 25.8 Å². The van der Waals surface area contributed by atoms with Crippen LogP contribution in [-0.2, 0) is 54.2 Å². The lowest BCUT2D eigenvalue weighted by Crippen LogP contribution is -2.69. The Balaban J connectivity index is 0.981. The van der Waals surface area contributed by atoms with Crippen LogP contribution in [0.4, 0.5) is 0 Å². The molecule has 3 N–H and O–H groups in total. The van der Waals surface area contributed by atoms with E-state index in [-0.39, 0.29) is 63.2 Å². The molecule has 2 bridgehead atoms. The molecule has 318 valence electrons. The minimum absolute atomic E-state index is 0.00373. The maximum atomic E-state index is 14.5. The van der Waals surface area contributed by atoms with Crippen molar-refractivity contribution in [3.05, 3.63) is 41.0 Å². The highest BCUT2D eigenvalue weighted by atomic mass is 16.8. The second-order valence-electron chi connectivity index (χ2n) is 19.5. The maximum absolute atomic E-state index is 14.5. The van der Waals surface area contributed by atoms with Crippen molar-refractivity contribution in [1.82, 2.24) is 15.7 Å². The van der Waals surface area contributed by atoms with Crippen LogP contribution in [0.3, 0.4) is 0 Å². The average Bonchev–Trinajstić information content (AvgIpc) is 3.44. The van der Waals surface area contributed by atoms with Gasteiger partial charge >= 0.3 is 11.9 Å². The van der Waals surface area contributed by atoms with Crippen LogP contribution in [0.25, 0.3) is 6.08 Å². The summed E-state index contributed by atoms with van der Waals surface area (Å²) in [5.41, 5.74) is 1.73. The summed E-state index contributed by atoms with van der Waals surface area (Å²) < 4.78 is 29.4. The second-order valence-corrected chi connectivity index (χ2v) is 19.5. The van der Waals surface area contributed by atoms with E-state index in [1.54, 1.807) is 25.8 Å². The largest absolute Gasteiger partial charge is 0.460 e. The molecule has 4 heterocycles. The first-order chi connectivity index (χ1) is 27.5. The summed E-state index contributed by atoms with van der Waals surface area (Å²) in [4.78, 5) is 60.3. The monoisotopic (exact) mass is 807 g/mol.